The Labute approximate surface area is 211 Å². The number of nitrogens with one attached hydrogen (secondary N) is 1. The van der Waals surface area contributed by atoms with Gasteiger partial charge in [0.1, 0.15) is 0 Å². The first-order chi connectivity index (χ1) is 17.6. The number of aromatic nitrogens is 2. The number of hydrogen-bond acceptors (Lipinski definition) is 6. The van der Waals surface area contributed by atoms with Crippen molar-refractivity contribution >= 4 is 0 Å². The Bertz CT molecular complexity index is 1260. The Morgan fingerprint density at radius 2 is 1.61 bits per heavy atom. The fourth-order valence-electron chi connectivity index (χ4n) is 4.67. The van der Waals surface area contributed by atoms with Crippen molar-refractivity contribution in [1.82, 2.24) is 19.8 Å². The van der Waals surface area contributed by atoms with Crippen LogP contribution in [-0.2, 0) is 17.7 Å². The van der Waals surface area contributed by atoms with Gasteiger partial charge in [0, 0.05) is 49.6 Å². The first kappa shape index (κ1) is 24.3. The highest BCUT2D eigenvalue weighted by Crippen LogP contribution is 2.26. The summed E-state index contributed by atoms with van der Waals surface area (Å²) in [7, 11) is 0. The number of morpholine rings is 1. The Hall–Kier alpha value is -3.44. The van der Waals surface area contributed by atoms with Gasteiger partial charge >= 0.3 is 0 Å². The van der Waals surface area contributed by atoms with Crippen LogP contribution in [0.2, 0.25) is 0 Å². The molecule has 7 nitrogen and oxygen atoms in total. The molecule has 3 heterocycles. The first-order valence-corrected chi connectivity index (χ1v) is 12.6. The van der Waals surface area contributed by atoms with Gasteiger partial charge in [0.2, 0.25) is 5.75 Å². The lowest BCUT2D eigenvalue weighted by molar-refractivity contribution is 0.0342. The lowest BCUT2D eigenvalue weighted by Gasteiger charge is -2.34. The lowest BCUT2D eigenvalue weighted by atomic mass is 9.91. The van der Waals surface area contributed by atoms with Gasteiger partial charge in [-0.05, 0) is 54.9 Å². The number of H-pyrrole nitrogens is 1. The van der Waals surface area contributed by atoms with Gasteiger partial charge in [-0.2, -0.15) is 0 Å². The summed E-state index contributed by atoms with van der Waals surface area (Å²) in [5, 5.41) is 10.2. The third kappa shape index (κ3) is 6.21. The van der Waals surface area contributed by atoms with Crippen LogP contribution in [0.4, 0.5) is 0 Å². The molecule has 2 fully saturated rings. The quantitative estimate of drug-likeness (QED) is 0.502. The van der Waals surface area contributed by atoms with E-state index in [1.54, 1.807) is 0 Å². The van der Waals surface area contributed by atoms with Gasteiger partial charge in [0.25, 0.3) is 5.56 Å². The van der Waals surface area contributed by atoms with Crippen molar-refractivity contribution in [3.05, 3.63) is 93.2 Å². The van der Waals surface area contributed by atoms with E-state index < -0.39 is 5.56 Å². The molecule has 36 heavy (non-hydrogen) atoms. The number of nitrogens with zero attached hydrogens (tertiary/aromatic N) is 3. The molecule has 0 radical (unpaired) electrons. The van der Waals surface area contributed by atoms with Crippen molar-refractivity contribution in [1.29, 1.82) is 0 Å². The number of rotatable bonds is 7. The van der Waals surface area contributed by atoms with Crippen LogP contribution in [0.3, 0.4) is 0 Å². The van der Waals surface area contributed by atoms with Crippen molar-refractivity contribution in [2.45, 2.75) is 25.3 Å². The number of ether oxygens (including phenoxy) is 1. The molecule has 7 heteroatoms. The summed E-state index contributed by atoms with van der Waals surface area (Å²) in [4.78, 5) is 23.3. The average molecular weight is 485 g/mol. The smallest absolute Gasteiger partial charge is 0.293 e. The summed E-state index contributed by atoms with van der Waals surface area (Å²) in [6.45, 7) is 7.58. The molecule has 2 aliphatic rings. The van der Waals surface area contributed by atoms with Gasteiger partial charge < -0.3 is 19.7 Å². The summed E-state index contributed by atoms with van der Waals surface area (Å²) in [6, 6.07) is 16.8. The molecule has 2 N–H and O–H groups in total. The molecule has 2 aromatic carbocycles. The van der Waals surface area contributed by atoms with Crippen LogP contribution in [0.15, 0.2) is 59.7 Å². The van der Waals surface area contributed by atoms with Gasteiger partial charge in [-0.3, -0.25) is 9.69 Å². The van der Waals surface area contributed by atoms with Crippen LogP contribution in [0.5, 0.6) is 5.75 Å². The van der Waals surface area contributed by atoms with Crippen LogP contribution in [0.25, 0.3) is 0 Å². The molecule has 1 aromatic heterocycles. The monoisotopic (exact) mass is 484 g/mol. The number of benzene rings is 2. The fraction of sp³-hybridized carbons (Fsp3) is 0.379. The largest absolute Gasteiger partial charge is 0.502 e. The minimum Gasteiger partial charge on any atom is -0.502 e. The van der Waals surface area contributed by atoms with Gasteiger partial charge in [-0.15, -0.1) is 0 Å². The molecule has 0 aliphatic carbocycles. The van der Waals surface area contributed by atoms with E-state index in [9.17, 15) is 9.90 Å². The molecule has 1 unspecified atom stereocenters. The minimum absolute atomic E-state index is 0.131. The maximum absolute atomic E-state index is 11.8. The zero-order valence-electron chi connectivity index (χ0n) is 20.4. The number of hydrogen-bond donors (Lipinski definition) is 2. The third-order valence-electron chi connectivity index (χ3n) is 6.97. The molecule has 1 atom stereocenters. The number of likely N-dealkylation sites (tertiary alicyclic amines) is 1. The van der Waals surface area contributed by atoms with E-state index in [2.05, 4.69) is 68.0 Å². The van der Waals surface area contributed by atoms with E-state index in [0.717, 1.165) is 69.2 Å². The van der Waals surface area contributed by atoms with Crippen molar-refractivity contribution in [2.75, 3.05) is 45.9 Å². The van der Waals surface area contributed by atoms with Gasteiger partial charge in [-0.1, -0.05) is 36.1 Å². The molecule has 0 bridgehead atoms. The van der Waals surface area contributed by atoms with E-state index >= 15 is 0 Å². The average Bonchev–Trinajstić information content (AvgIpc) is 2.88. The lowest BCUT2D eigenvalue weighted by Crippen LogP contribution is -2.40. The van der Waals surface area contributed by atoms with Crippen molar-refractivity contribution in [3.8, 4) is 17.6 Å². The van der Waals surface area contributed by atoms with Crippen LogP contribution < -0.4 is 5.56 Å². The van der Waals surface area contributed by atoms with Gasteiger partial charge in [-0.25, -0.2) is 4.98 Å². The molecule has 0 amide bonds. The maximum atomic E-state index is 11.8. The molecular formula is C29H32N4O3. The second kappa shape index (κ2) is 11.5. The second-order valence-corrected chi connectivity index (χ2v) is 9.54. The van der Waals surface area contributed by atoms with Gasteiger partial charge in [0.05, 0.1) is 25.2 Å². The SMILES string of the molecule is O=c1[nH]cnc(CC(CN2CCC2)c2ccc(C#Cc3ccc(CN4CCOCC4)cc3)cc2)c1O. The Morgan fingerprint density at radius 3 is 2.25 bits per heavy atom. The predicted octanol–water partition coefficient (Wildman–Crippen LogP) is 2.74. The van der Waals surface area contributed by atoms with E-state index in [-0.39, 0.29) is 11.7 Å². The molecule has 2 aliphatic heterocycles. The predicted molar refractivity (Wildman–Crippen MR) is 139 cm³/mol. The topological polar surface area (TPSA) is 81.7 Å². The van der Waals surface area contributed by atoms with E-state index in [1.807, 2.05) is 12.1 Å². The molecule has 186 valence electrons. The van der Waals surface area contributed by atoms with Gasteiger partial charge in [0.15, 0.2) is 0 Å². The number of aromatic amines is 1. The third-order valence-corrected chi connectivity index (χ3v) is 6.97. The highest BCUT2D eigenvalue weighted by molar-refractivity contribution is 5.44. The van der Waals surface area contributed by atoms with E-state index in [4.69, 9.17) is 4.74 Å². The van der Waals surface area contributed by atoms with Crippen LogP contribution >= 0.6 is 0 Å². The standard InChI is InChI=1S/C29H32N4O3/c34-28-27(30-21-31-29(28)35)18-26(20-32-12-1-13-32)25-10-8-23(9-11-25)3-2-22-4-6-24(7-5-22)19-33-14-16-36-17-15-33/h4-11,21,26,34H,1,12-20H2,(H,30,31,35). The van der Waals surface area contributed by atoms with Crippen LogP contribution in [0.1, 0.15) is 40.3 Å². The van der Waals surface area contributed by atoms with Crippen molar-refractivity contribution in [3.63, 3.8) is 0 Å². The van der Waals surface area contributed by atoms with E-state index in [1.165, 1.54) is 18.3 Å². The first-order valence-electron chi connectivity index (χ1n) is 12.6. The Morgan fingerprint density at radius 1 is 0.944 bits per heavy atom. The summed E-state index contributed by atoms with van der Waals surface area (Å²) >= 11 is 0. The highest BCUT2D eigenvalue weighted by atomic mass is 16.5. The molecular weight excluding hydrogens is 452 g/mol. The van der Waals surface area contributed by atoms with Crippen molar-refractivity contribution in [2.24, 2.45) is 0 Å². The molecule has 3 aromatic rings. The summed E-state index contributed by atoms with van der Waals surface area (Å²) in [6.07, 6.45) is 3.07. The summed E-state index contributed by atoms with van der Waals surface area (Å²) in [5.74, 6) is 6.39. The van der Waals surface area contributed by atoms with E-state index in [0.29, 0.717) is 12.1 Å². The summed E-state index contributed by atoms with van der Waals surface area (Å²) in [5.41, 5.74) is 4.34. The minimum atomic E-state index is -0.498. The maximum Gasteiger partial charge on any atom is 0.293 e. The fourth-order valence-corrected chi connectivity index (χ4v) is 4.67. The van der Waals surface area contributed by atoms with Crippen LogP contribution in [-0.4, -0.2) is 70.8 Å². The molecule has 5 rings (SSSR count). The zero-order chi connectivity index (χ0) is 24.7. The normalized spacial score (nSPS) is 17.1. The molecule has 2 saturated heterocycles. The van der Waals surface area contributed by atoms with Crippen molar-refractivity contribution < 1.29 is 9.84 Å². The zero-order valence-corrected chi connectivity index (χ0v) is 20.4. The summed E-state index contributed by atoms with van der Waals surface area (Å²) < 4.78 is 5.42. The molecule has 0 spiro atoms. The van der Waals surface area contributed by atoms with Crippen LogP contribution in [0, 0.1) is 11.8 Å². The Balaban J connectivity index is 1.25. The molecule has 0 saturated carbocycles. The highest BCUT2D eigenvalue weighted by Gasteiger charge is 2.23. The number of aromatic hydroxyl groups is 1. The second-order valence-electron chi connectivity index (χ2n) is 9.54. The Kier molecular flexibility index (Phi) is 7.77.